The van der Waals surface area contributed by atoms with Gasteiger partial charge in [-0.2, -0.15) is 0 Å². The Hall–Kier alpha value is -5.15. The summed E-state index contributed by atoms with van der Waals surface area (Å²) in [5, 5.41) is 36.1. The van der Waals surface area contributed by atoms with E-state index in [2.05, 4.69) is 36.1 Å². The zero-order chi connectivity index (χ0) is 34.9. The minimum absolute atomic E-state index is 0.0918. The molecule has 254 valence electrons. The molecule has 2 aromatic heterocycles. The second-order valence-electron chi connectivity index (χ2n) is 10.8. The number of aromatic nitrogens is 6. The van der Waals surface area contributed by atoms with Crippen molar-refractivity contribution >= 4 is 59.0 Å². The number of aliphatic carboxylic acids is 1. The maximum atomic E-state index is 14.2. The van der Waals surface area contributed by atoms with Crippen LogP contribution in [0.15, 0.2) is 51.7 Å². The van der Waals surface area contributed by atoms with Crippen LogP contribution in [0.25, 0.3) is 0 Å². The van der Waals surface area contributed by atoms with Gasteiger partial charge in [0.05, 0.1) is 6.20 Å². The number of carboxylic acid groups (broad SMARTS) is 1. The number of ether oxygens (including phenoxy) is 1. The number of aryl methyl sites for hydroxylation is 1. The van der Waals surface area contributed by atoms with E-state index in [0.29, 0.717) is 15.6 Å². The first-order valence-corrected chi connectivity index (χ1v) is 16.2. The molecule has 21 heteroatoms. The van der Waals surface area contributed by atoms with Crippen LogP contribution in [0, 0.1) is 0 Å². The Morgan fingerprint density at radius 3 is 2.54 bits per heavy atom. The van der Waals surface area contributed by atoms with Gasteiger partial charge in [-0.15, -0.1) is 16.9 Å². The largest absolute Gasteiger partial charge is 0.508 e. The standard InChI is InChI=1S/C27H31N11O8S2/c1-12(2)30-25-29-9-16(19(40)31-25)37(24(28)45)17(13-5-7-15(39)8-6-13)20(41)32-27(46-4)22(44)38-18(21(42)43)14(10-47-23(27)38)11-48-26-33-34-35-36(26)3/h5-9,12,17,23,39H,10-11H2,1-4H3,(H2,28,45)(H,32,41)(H,42,43)(H2,29,30,31,40)/t17?,23-,27+/m1/s1. The molecule has 0 radical (unpaired) electrons. The molecule has 1 unspecified atom stereocenters. The molecule has 2 aliphatic rings. The molecular formula is C27H31N11O8S2. The van der Waals surface area contributed by atoms with Gasteiger partial charge in [-0.05, 0) is 47.5 Å². The number of tetrazole rings is 1. The quantitative estimate of drug-likeness (QED) is 0.0821. The number of rotatable bonds is 12. The van der Waals surface area contributed by atoms with E-state index in [-0.39, 0.29) is 46.2 Å². The molecule has 48 heavy (non-hydrogen) atoms. The predicted octanol–water partition coefficient (Wildman–Crippen LogP) is -0.0493. The summed E-state index contributed by atoms with van der Waals surface area (Å²) in [6.45, 7) is 3.64. The number of benzene rings is 1. The van der Waals surface area contributed by atoms with Gasteiger partial charge in [-0.1, -0.05) is 23.9 Å². The number of nitrogens with one attached hydrogen (secondary N) is 3. The molecule has 4 amide bonds. The predicted molar refractivity (Wildman–Crippen MR) is 172 cm³/mol. The highest BCUT2D eigenvalue weighted by molar-refractivity contribution is 8.01. The number of carbonyl (C=O) groups is 4. The Bertz CT molecular complexity index is 1850. The number of methoxy groups -OCH3 is 1. The van der Waals surface area contributed by atoms with Crippen LogP contribution in [0.5, 0.6) is 5.75 Å². The molecule has 0 aliphatic carbocycles. The number of phenols is 1. The van der Waals surface area contributed by atoms with Crippen molar-refractivity contribution in [3.8, 4) is 5.75 Å². The highest BCUT2D eigenvalue weighted by Crippen LogP contribution is 2.47. The van der Waals surface area contributed by atoms with Crippen LogP contribution in [0.4, 0.5) is 16.4 Å². The first-order chi connectivity index (χ1) is 22.8. The van der Waals surface area contributed by atoms with Gasteiger partial charge in [0.25, 0.3) is 23.1 Å². The van der Waals surface area contributed by atoms with Crippen molar-refractivity contribution < 1.29 is 34.1 Å². The van der Waals surface area contributed by atoms with Crippen molar-refractivity contribution in [3.05, 3.63) is 57.6 Å². The number of amides is 4. The molecule has 5 rings (SSSR count). The number of urea groups is 1. The van der Waals surface area contributed by atoms with E-state index < -0.39 is 46.5 Å². The van der Waals surface area contributed by atoms with Crippen LogP contribution < -0.4 is 26.8 Å². The van der Waals surface area contributed by atoms with E-state index in [0.717, 1.165) is 22.9 Å². The summed E-state index contributed by atoms with van der Waals surface area (Å²) in [5.41, 5.74) is 2.73. The summed E-state index contributed by atoms with van der Waals surface area (Å²) in [7, 11) is 2.80. The van der Waals surface area contributed by atoms with Crippen LogP contribution in [0.3, 0.4) is 0 Å². The second kappa shape index (κ2) is 13.5. The number of hydrogen-bond acceptors (Lipinski definition) is 14. The van der Waals surface area contributed by atoms with Crippen molar-refractivity contribution in [2.75, 3.05) is 28.8 Å². The second-order valence-corrected chi connectivity index (χ2v) is 12.9. The zero-order valence-electron chi connectivity index (χ0n) is 25.9. The zero-order valence-corrected chi connectivity index (χ0v) is 27.5. The number of nitrogens with two attached hydrogens (primary N) is 1. The molecule has 4 heterocycles. The van der Waals surface area contributed by atoms with Gasteiger partial charge in [0, 0.05) is 31.7 Å². The number of carbonyl (C=O) groups excluding carboxylic acids is 3. The molecule has 2 aliphatic heterocycles. The van der Waals surface area contributed by atoms with Gasteiger partial charge in [0.1, 0.15) is 28.5 Å². The molecule has 19 nitrogen and oxygen atoms in total. The minimum Gasteiger partial charge on any atom is -0.508 e. The van der Waals surface area contributed by atoms with Crippen LogP contribution in [0.1, 0.15) is 25.5 Å². The normalized spacial score (nSPS) is 19.4. The molecule has 7 N–H and O–H groups in total. The number of aromatic hydroxyl groups is 1. The molecule has 0 bridgehead atoms. The number of thioether (sulfide) groups is 2. The molecule has 3 atom stereocenters. The number of carboxylic acids is 1. The van der Waals surface area contributed by atoms with Gasteiger partial charge in [0.2, 0.25) is 11.1 Å². The van der Waals surface area contributed by atoms with Crippen molar-refractivity contribution in [2.45, 2.75) is 42.2 Å². The van der Waals surface area contributed by atoms with E-state index in [1.54, 1.807) is 7.05 Å². The third-order valence-corrected chi connectivity index (χ3v) is 9.79. The third kappa shape index (κ3) is 6.25. The number of primary amides is 1. The average Bonchev–Trinajstić information content (AvgIpc) is 3.45. The fourth-order valence-corrected chi connectivity index (χ4v) is 7.59. The summed E-state index contributed by atoms with van der Waals surface area (Å²) in [6.07, 6.45) is 1.06. The van der Waals surface area contributed by atoms with Crippen molar-refractivity contribution in [3.63, 3.8) is 0 Å². The number of aromatic amines is 1. The van der Waals surface area contributed by atoms with Crippen LogP contribution >= 0.6 is 23.5 Å². The van der Waals surface area contributed by atoms with Crippen LogP contribution in [-0.4, -0.2) is 105 Å². The van der Waals surface area contributed by atoms with Gasteiger partial charge >= 0.3 is 12.0 Å². The first kappa shape index (κ1) is 34.2. The lowest BCUT2D eigenvalue weighted by Crippen LogP contribution is -2.81. The SMILES string of the molecule is CO[C@@]1(NC(=O)C(c2ccc(O)cc2)N(C(N)=O)c2cnc(NC(C)C)[nH]c2=O)C(=O)N2C(C(=O)O)=C(CSc3nnnn3C)CS[C@@H]21. The lowest BCUT2D eigenvalue weighted by molar-refractivity contribution is -0.192. The van der Waals surface area contributed by atoms with E-state index in [1.807, 2.05) is 13.8 Å². The maximum Gasteiger partial charge on any atom is 0.352 e. The van der Waals surface area contributed by atoms with Crippen molar-refractivity contribution in [1.82, 2.24) is 40.4 Å². The highest BCUT2D eigenvalue weighted by atomic mass is 32.2. The van der Waals surface area contributed by atoms with Gasteiger partial charge in [-0.3, -0.25) is 29.2 Å². The van der Waals surface area contributed by atoms with Gasteiger partial charge in [0.15, 0.2) is 0 Å². The topological polar surface area (TPSA) is 264 Å². The highest BCUT2D eigenvalue weighted by Gasteiger charge is 2.67. The van der Waals surface area contributed by atoms with Gasteiger partial charge in [-0.25, -0.2) is 19.3 Å². The third-order valence-electron chi connectivity index (χ3n) is 7.32. The minimum atomic E-state index is -2.07. The summed E-state index contributed by atoms with van der Waals surface area (Å²) in [4.78, 5) is 75.0. The van der Waals surface area contributed by atoms with Gasteiger partial charge < -0.3 is 31.3 Å². The van der Waals surface area contributed by atoms with Crippen molar-refractivity contribution in [1.29, 1.82) is 0 Å². The molecule has 3 aromatic rings. The summed E-state index contributed by atoms with van der Waals surface area (Å²) in [6, 6.07) is 2.19. The lowest BCUT2D eigenvalue weighted by Gasteiger charge is -2.56. The fraction of sp³-hybridized carbons (Fsp3) is 0.370. The smallest absolute Gasteiger partial charge is 0.352 e. The maximum absolute atomic E-state index is 14.2. The Balaban J connectivity index is 1.49. The fourth-order valence-electron chi connectivity index (χ4n) is 5.17. The molecule has 1 fully saturated rings. The van der Waals surface area contributed by atoms with E-state index in [4.69, 9.17) is 10.5 Å². The monoisotopic (exact) mass is 701 g/mol. The summed E-state index contributed by atoms with van der Waals surface area (Å²) < 4.78 is 7.02. The molecule has 1 aromatic carbocycles. The molecule has 0 spiro atoms. The van der Waals surface area contributed by atoms with Crippen LogP contribution in [0.2, 0.25) is 0 Å². The summed E-state index contributed by atoms with van der Waals surface area (Å²) >= 11 is 2.34. The number of H-pyrrole nitrogens is 1. The number of fused-ring (bicyclic) bond motifs is 1. The Labute approximate surface area is 280 Å². The number of phenolic OH excluding ortho intramolecular Hbond substituents is 1. The van der Waals surface area contributed by atoms with E-state index in [9.17, 15) is 34.2 Å². The molecular weight excluding hydrogens is 670 g/mol. The molecule has 1 saturated heterocycles. The lowest BCUT2D eigenvalue weighted by atomic mass is 9.96. The number of nitrogens with zero attached hydrogens (tertiary/aromatic N) is 7. The van der Waals surface area contributed by atoms with Crippen LogP contribution in [-0.2, 0) is 26.2 Å². The van der Waals surface area contributed by atoms with E-state index in [1.165, 1.54) is 47.8 Å². The Morgan fingerprint density at radius 2 is 1.98 bits per heavy atom. The Kier molecular flexibility index (Phi) is 9.64. The molecule has 0 saturated carbocycles. The van der Waals surface area contributed by atoms with Crippen molar-refractivity contribution in [2.24, 2.45) is 12.8 Å². The first-order valence-electron chi connectivity index (χ1n) is 14.1. The summed E-state index contributed by atoms with van der Waals surface area (Å²) in [5.74, 6) is -2.97. The number of anilines is 2. The number of hydrogen-bond donors (Lipinski definition) is 6. The Morgan fingerprint density at radius 1 is 1.27 bits per heavy atom. The number of β-lactam (4-membered cyclic amide) rings is 1. The van der Waals surface area contributed by atoms with E-state index >= 15 is 0 Å². The average molecular weight is 702 g/mol.